The first kappa shape index (κ1) is 24.0. The summed E-state index contributed by atoms with van der Waals surface area (Å²) in [4.78, 5) is -0.480. The molecule has 8 heteroatoms. The Labute approximate surface area is 208 Å². The average Bonchev–Trinajstić information content (AvgIpc) is 3.10. The molecule has 0 unspecified atom stereocenters. The molecular weight excluding hydrogens is 490 g/mol. The van der Waals surface area contributed by atoms with Gasteiger partial charge in [-0.05, 0) is 67.1 Å². The topological polar surface area (TPSA) is 42.3 Å². The van der Waals surface area contributed by atoms with Crippen molar-refractivity contribution >= 4 is 32.5 Å². The smallest absolute Gasteiger partial charge is 0.245 e. The zero-order valence-corrected chi connectivity index (χ0v) is 20.8. The molecular formula is C27H25ClF2N2O2S. The minimum atomic E-state index is -4.03. The van der Waals surface area contributed by atoms with Gasteiger partial charge in [-0.25, -0.2) is 17.2 Å². The molecule has 2 heterocycles. The van der Waals surface area contributed by atoms with Crippen LogP contribution in [0.15, 0.2) is 71.6 Å². The van der Waals surface area contributed by atoms with Crippen LogP contribution >= 0.6 is 11.6 Å². The highest BCUT2D eigenvalue weighted by atomic mass is 35.5. The molecule has 1 fully saturated rings. The van der Waals surface area contributed by atoms with E-state index in [0.717, 1.165) is 34.3 Å². The van der Waals surface area contributed by atoms with Crippen molar-refractivity contribution in [2.75, 3.05) is 13.1 Å². The van der Waals surface area contributed by atoms with Gasteiger partial charge in [0.25, 0.3) is 0 Å². The third-order valence-corrected chi connectivity index (χ3v) is 9.05. The normalized spacial score (nSPS) is 15.7. The van der Waals surface area contributed by atoms with Gasteiger partial charge in [-0.3, -0.25) is 0 Å². The zero-order valence-electron chi connectivity index (χ0n) is 19.2. The first-order valence-corrected chi connectivity index (χ1v) is 13.3. The van der Waals surface area contributed by atoms with Crippen molar-refractivity contribution in [3.63, 3.8) is 0 Å². The molecule has 0 aliphatic carbocycles. The molecule has 35 heavy (non-hydrogen) atoms. The third kappa shape index (κ3) is 4.48. The van der Waals surface area contributed by atoms with E-state index in [4.69, 9.17) is 11.6 Å². The Morgan fingerprint density at radius 1 is 0.971 bits per heavy atom. The molecule has 0 spiro atoms. The first-order chi connectivity index (χ1) is 16.8. The Morgan fingerprint density at radius 3 is 2.43 bits per heavy atom. The van der Waals surface area contributed by atoms with Crippen LogP contribution in [0.5, 0.6) is 0 Å². The largest absolute Gasteiger partial charge is 0.340 e. The molecule has 0 amide bonds. The van der Waals surface area contributed by atoms with Gasteiger partial charge in [0.05, 0.1) is 0 Å². The van der Waals surface area contributed by atoms with Crippen molar-refractivity contribution in [1.82, 2.24) is 8.87 Å². The number of rotatable bonds is 5. The van der Waals surface area contributed by atoms with Gasteiger partial charge in [0.1, 0.15) is 16.5 Å². The van der Waals surface area contributed by atoms with E-state index in [1.165, 1.54) is 9.87 Å². The Kier molecular flexibility index (Phi) is 6.42. The SMILES string of the molecule is Cc1c(C2CCN(S(=O)(=O)c3ccc(F)cc3F)CC2)c2ccccc2n1Cc1cccc(Cl)c1. The maximum atomic E-state index is 14.2. The minimum Gasteiger partial charge on any atom is -0.340 e. The van der Waals surface area contributed by atoms with Gasteiger partial charge in [0, 0.05) is 47.3 Å². The summed E-state index contributed by atoms with van der Waals surface area (Å²) in [5, 5.41) is 1.86. The lowest BCUT2D eigenvalue weighted by Gasteiger charge is -2.31. The van der Waals surface area contributed by atoms with Crippen molar-refractivity contribution in [2.24, 2.45) is 0 Å². The summed E-state index contributed by atoms with van der Waals surface area (Å²) in [5.41, 5.74) is 4.61. The predicted molar refractivity (Wildman–Crippen MR) is 134 cm³/mol. The summed E-state index contributed by atoms with van der Waals surface area (Å²) in [6.45, 7) is 3.34. The van der Waals surface area contributed by atoms with E-state index in [9.17, 15) is 17.2 Å². The second kappa shape index (κ2) is 9.37. The van der Waals surface area contributed by atoms with Gasteiger partial charge in [-0.1, -0.05) is 41.9 Å². The molecule has 3 aromatic carbocycles. The van der Waals surface area contributed by atoms with Crippen LogP contribution in [0, 0.1) is 18.6 Å². The fraction of sp³-hybridized carbons (Fsp3) is 0.259. The van der Waals surface area contributed by atoms with Crippen LogP contribution in [0.4, 0.5) is 8.78 Å². The van der Waals surface area contributed by atoms with Gasteiger partial charge in [-0.2, -0.15) is 4.31 Å². The second-order valence-corrected chi connectivity index (χ2v) is 11.3. The molecule has 0 N–H and O–H groups in total. The molecule has 1 saturated heterocycles. The minimum absolute atomic E-state index is 0.171. The molecule has 1 aliphatic heterocycles. The molecule has 1 aliphatic rings. The van der Waals surface area contributed by atoms with Crippen LogP contribution in [-0.4, -0.2) is 30.4 Å². The summed E-state index contributed by atoms with van der Waals surface area (Å²) in [6, 6.07) is 18.7. The standard InChI is InChI=1S/C27H25ClF2N2O2S/c1-18-27(23-7-2-3-8-25(23)32(18)17-19-5-4-6-21(28)15-19)20-11-13-31(14-12-20)35(33,34)26-10-9-22(29)16-24(26)30/h2-10,15-16,20H,11-14,17H2,1H3. The molecule has 182 valence electrons. The van der Waals surface area contributed by atoms with Crippen LogP contribution < -0.4 is 0 Å². The van der Waals surface area contributed by atoms with E-state index in [0.29, 0.717) is 30.5 Å². The second-order valence-electron chi connectivity index (χ2n) is 8.99. The maximum Gasteiger partial charge on any atom is 0.245 e. The fourth-order valence-corrected chi connectivity index (χ4v) is 6.93. The van der Waals surface area contributed by atoms with Crippen molar-refractivity contribution in [2.45, 2.75) is 37.1 Å². The number of sulfonamides is 1. The molecule has 0 atom stereocenters. The van der Waals surface area contributed by atoms with E-state index in [2.05, 4.69) is 29.7 Å². The van der Waals surface area contributed by atoms with Gasteiger partial charge < -0.3 is 4.57 Å². The van der Waals surface area contributed by atoms with Gasteiger partial charge in [-0.15, -0.1) is 0 Å². The van der Waals surface area contributed by atoms with Crippen LogP contribution in [0.25, 0.3) is 10.9 Å². The quantitative estimate of drug-likeness (QED) is 0.305. The molecule has 1 aromatic heterocycles. The highest BCUT2D eigenvalue weighted by Gasteiger charge is 2.33. The number of fused-ring (bicyclic) bond motifs is 1. The first-order valence-electron chi connectivity index (χ1n) is 11.5. The molecule has 4 aromatic rings. The average molecular weight is 515 g/mol. The Bertz CT molecular complexity index is 1510. The molecule has 0 radical (unpaired) electrons. The third-order valence-electron chi connectivity index (χ3n) is 6.88. The molecule has 5 rings (SSSR count). The Morgan fingerprint density at radius 2 is 1.71 bits per heavy atom. The number of para-hydroxylation sites is 1. The highest BCUT2D eigenvalue weighted by Crippen LogP contribution is 2.39. The van der Waals surface area contributed by atoms with Crippen LogP contribution in [-0.2, 0) is 16.6 Å². The number of benzene rings is 3. The van der Waals surface area contributed by atoms with E-state index >= 15 is 0 Å². The van der Waals surface area contributed by atoms with Crippen LogP contribution in [0.1, 0.15) is 35.6 Å². The number of piperidine rings is 1. The van der Waals surface area contributed by atoms with E-state index in [-0.39, 0.29) is 19.0 Å². The number of hydrogen-bond acceptors (Lipinski definition) is 2. The van der Waals surface area contributed by atoms with E-state index < -0.39 is 26.6 Å². The van der Waals surface area contributed by atoms with Crippen LogP contribution in [0.2, 0.25) is 5.02 Å². The lowest BCUT2D eigenvalue weighted by Crippen LogP contribution is -2.38. The van der Waals surface area contributed by atoms with Gasteiger partial charge in [0.15, 0.2) is 0 Å². The lowest BCUT2D eigenvalue weighted by atomic mass is 9.88. The van der Waals surface area contributed by atoms with Crippen molar-refractivity contribution < 1.29 is 17.2 Å². The van der Waals surface area contributed by atoms with E-state index in [1.54, 1.807) is 0 Å². The predicted octanol–water partition coefficient (Wildman–Crippen LogP) is 6.50. The number of hydrogen-bond donors (Lipinski definition) is 0. The summed E-state index contributed by atoms with van der Waals surface area (Å²) in [6.07, 6.45) is 1.24. The summed E-state index contributed by atoms with van der Waals surface area (Å²) in [5.74, 6) is -1.69. The maximum absolute atomic E-state index is 14.2. The summed E-state index contributed by atoms with van der Waals surface area (Å²) >= 11 is 6.20. The highest BCUT2D eigenvalue weighted by molar-refractivity contribution is 7.89. The number of nitrogens with zero attached hydrogens (tertiary/aromatic N) is 2. The van der Waals surface area contributed by atoms with Crippen molar-refractivity contribution in [1.29, 1.82) is 0 Å². The summed E-state index contributed by atoms with van der Waals surface area (Å²) < 4.78 is 57.1. The van der Waals surface area contributed by atoms with E-state index in [1.807, 2.05) is 30.3 Å². The summed E-state index contributed by atoms with van der Waals surface area (Å²) in [7, 11) is -4.03. The number of aromatic nitrogens is 1. The monoisotopic (exact) mass is 514 g/mol. The zero-order chi connectivity index (χ0) is 24.7. The number of halogens is 3. The Hall–Kier alpha value is -2.74. The molecule has 0 bridgehead atoms. The van der Waals surface area contributed by atoms with Crippen LogP contribution in [0.3, 0.4) is 0 Å². The molecule has 4 nitrogen and oxygen atoms in total. The van der Waals surface area contributed by atoms with Gasteiger partial charge >= 0.3 is 0 Å². The lowest BCUT2D eigenvalue weighted by molar-refractivity contribution is 0.318. The molecule has 0 saturated carbocycles. The van der Waals surface area contributed by atoms with Crippen molar-refractivity contribution in [3.8, 4) is 0 Å². The van der Waals surface area contributed by atoms with Crippen molar-refractivity contribution in [3.05, 3.63) is 100 Å². The Balaban J connectivity index is 1.43. The fourth-order valence-electron chi connectivity index (χ4n) is 5.20. The van der Waals surface area contributed by atoms with Gasteiger partial charge in [0.2, 0.25) is 10.0 Å².